The third-order valence-corrected chi connectivity index (χ3v) is 1.95. The highest BCUT2D eigenvalue weighted by Crippen LogP contribution is 2.21. The molecule has 1 aromatic carbocycles. The quantitative estimate of drug-likeness (QED) is 0.761. The number of rotatable bonds is 3. The molecule has 0 fully saturated rings. The number of aliphatic hydroxyl groups excluding tert-OH is 1. The number of benzene rings is 1. The van der Waals surface area contributed by atoms with Crippen molar-refractivity contribution in [3.63, 3.8) is 0 Å². The van der Waals surface area contributed by atoms with Crippen molar-refractivity contribution in [2.24, 2.45) is 0 Å². The molecule has 0 aliphatic carbocycles. The molecule has 0 aliphatic rings. The highest BCUT2D eigenvalue weighted by molar-refractivity contribution is 6.31. The number of halogens is 1. The number of aliphatic hydroxyl groups is 1. The third-order valence-electron chi connectivity index (χ3n) is 1.58. The Bertz CT molecular complexity index is 327. The molecule has 4 nitrogen and oxygen atoms in total. The van der Waals surface area contributed by atoms with E-state index in [1.807, 2.05) is 0 Å². The van der Waals surface area contributed by atoms with Gasteiger partial charge in [-0.05, 0) is 6.07 Å². The fourth-order valence-corrected chi connectivity index (χ4v) is 1.08. The molecule has 0 aromatic heterocycles. The van der Waals surface area contributed by atoms with Crippen LogP contribution in [0, 0.1) is 4.91 Å². The molecule has 0 saturated carbocycles. The summed E-state index contributed by atoms with van der Waals surface area (Å²) in [5.41, 5.74) is 0.799. The van der Waals surface area contributed by atoms with E-state index >= 15 is 0 Å². The predicted octanol–water partition coefficient (Wildman–Crippen LogP) is 1.80. The molecule has 0 spiro atoms. The van der Waals surface area contributed by atoms with E-state index in [2.05, 4.69) is 4.84 Å². The number of hydrogen-bond donors (Lipinski definition) is 1. The van der Waals surface area contributed by atoms with Crippen LogP contribution in [-0.4, -0.2) is 17.1 Å². The lowest BCUT2D eigenvalue weighted by Crippen LogP contribution is -1.98. The molecule has 70 valence electrons. The Morgan fingerprint density at radius 3 is 2.85 bits per heavy atom. The van der Waals surface area contributed by atoms with Gasteiger partial charge in [-0.25, -0.2) is 4.84 Å². The van der Waals surface area contributed by atoms with Gasteiger partial charge in [-0.1, -0.05) is 11.6 Å². The maximum atomic E-state index is 11.0. The standard InChI is InChI=1S/C8H9ClNO3/c1-13-10(12)7-2-3-8(9)6(4-7)5-11/h2-4,11H,5H2,1H3/q+1. The van der Waals surface area contributed by atoms with Gasteiger partial charge < -0.3 is 5.11 Å². The van der Waals surface area contributed by atoms with Crippen LogP contribution in [-0.2, 0) is 11.4 Å². The number of nitrogens with zero attached hydrogens (tertiary/aromatic N) is 1. The van der Waals surface area contributed by atoms with Crippen molar-refractivity contribution in [1.29, 1.82) is 0 Å². The first kappa shape index (κ1) is 9.95. The average molecular weight is 203 g/mol. The van der Waals surface area contributed by atoms with Crippen LogP contribution in [0.2, 0.25) is 5.02 Å². The summed E-state index contributed by atoms with van der Waals surface area (Å²) in [5, 5.41) is 9.28. The minimum absolute atomic E-state index is 0.204. The van der Waals surface area contributed by atoms with Crippen molar-refractivity contribution in [1.82, 2.24) is 0 Å². The van der Waals surface area contributed by atoms with Crippen LogP contribution >= 0.6 is 11.6 Å². The SMILES string of the molecule is CO[N+](=O)c1ccc(Cl)c(CO)c1. The molecule has 1 N–H and O–H groups in total. The maximum Gasteiger partial charge on any atom is 0.317 e. The first-order valence-electron chi connectivity index (χ1n) is 3.59. The van der Waals surface area contributed by atoms with E-state index in [0.717, 1.165) is 0 Å². The van der Waals surface area contributed by atoms with Crippen molar-refractivity contribution in [3.05, 3.63) is 33.7 Å². The molecule has 0 atom stereocenters. The molecule has 1 aromatic rings. The third kappa shape index (κ3) is 2.17. The lowest BCUT2D eigenvalue weighted by atomic mass is 10.2. The molecule has 0 aliphatic heterocycles. The van der Waals surface area contributed by atoms with Gasteiger partial charge in [0.25, 0.3) is 4.92 Å². The van der Waals surface area contributed by atoms with Crippen LogP contribution in [0.15, 0.2) is 18.2 Å². The lowest BCUT2D eigenvalue weighted by molar-refractivity contribution is -0.736. The summed E-state index contributed by atoms with van der Waals surface area (Å²) >= 11 is 5.72. The largest absolute Gasteiger partial charge is 0.392 e. The van der Waals surface area contributed by atoms with E-state index < -0.39 is 0 Å². The second-order valence-electron chi connectivity index (χ2n) is 2.37. The van der Waals surface area contributed by atoms with E-state index in [1.165, 1.54) is 25.3 Å². The number of hydrogen-bond acceptors (Lipinski definition) is 3. The van der Waals surface area contributed by atoms with Crippen LogP contribution in [0.1, 0.15) is 5.56 Å². The van der Waals surface area contributed by atoms with Crippen LogP contribution in [0.3, 0.4) is 0 Å². The second-order valence-corrected chi connectivity index (χ2v) is 2.78. The van der Waals surface area contributed by atoms with Gasteiger partial charge in [0.15, 0.2) is 7.11 Å². The molecule has 0 unspecified atom stereocenters. The Morgan fingerprint density at radius 2 is 2.31 bits per heavy atom. The molecular weight excluding hydrogens is 194 g/mol. The summed E-state index contributed by atoms with van der Waals surface area (Å²) in [5.74, 6) is 0. The summed E-state index contributed by atoms with van der Waals surface area (Å²) in [6, 6.07) is 4.52. The Labute approximate surface area is 80.2 Å². The molecule has 0 radical (unpaired) electrons. The monoisotopic (exact) mass is 202 g/mol. The molecule has 1 rings (SSSR count). The van der Waals surface area contributed by atoms with Crippen molar-refractivity contribution >= 4 is 17.3 Å². The van der Waals surface area contributed by atoms with Crippen LogP contribution in [0.25, 0.3) is 0 Å². The summed E-state index contributed by atoms with van der Waals surface area (Å²) < 4.78 is 0. The smallest absolute Gasteiger partial charge is 0.317 e. The molecule has 0 heterocycles. The van der Waals surface area contributed by atoms with E-state index in [4.69, 9.17) is 16.7 Å². The van der Waals surface area contributed by atoms with Crippen molar-refractivity contribution in [2.45, 2.75) is 6.61 Å². The zero-order chi connectivity index (χ0) is 9.84. The minimum atomic E-state index is -0.204. The van der Waals surface area contributed by atoms with E-state index in [1.54, 1.807) is 0 Å². The van der Waals surface area contributed by atoms with Crippen LogP contribution < -0.4 is 0 Å². The van der Waals surface area contributed by atoms with Crippen molar-refractivity contribution < 1.29 is 14.9 Å². The van der Waals surface area contributed by atoms with Crippen LogP contribution in [0.5, 0.6) is 0 Å². The lowest BCUT2D eigenvalue weighted by Gasteiger charge is -1.97. The highest BCUT2D eigenvalue weighted by atomic mass is 35.5. The second kappa shape index (κ2) is 4.20. The Hall–Kier alpha value is -1.13. The Kier molecular flexibility index (Phi) is 3.22. The van der Waals surface area contributed by atoms with Crippen molar-refractivity contribution in [2.75, 3.05) is 7.11 Å². The average Bonchev–Trinajstić information content (AvgIpc) is 2.17. The summed E-state index contributed by atoms with van der Waals surface area (Å²) in [6.07, 6.45) is 0. The Balaban J connectivity index is 3.06. The van der Waals surface area contributed by atoms with Gasteiger partial charge in [-0.15, -0.1) is 0 Å². The fraction of sp³-hybridized carbons (Fsp3) is 0.250. The van der Waals surface area contributed by atoms with Gasteiger partial charge in [0.1, 0.15) is 0 Å². The highest BCUT2D eigenvalue weighted by Gasteiger charge is 2.15. The van der Waals surface area contributed by atoms with Gasteiger partial charge in [-0.3, -0.25) is 0 Å². The molecule has 13 heavy (non-hydrogen) atoms. The molecule has 0 saturated heterocycles. The summed E-state index contributed by atoms with van der Waals surface area (Å²) in [6.45, 7) is -0.204. The zero-order valence-electron chi connectivity index (χ0n) is 7.03. The van der Waals surface area contributed by atoms with E-state index in [-0.39, 0.29) is 6.61 Å². The molecule has 0 amide bonds. The maximum absolute atomic E-state index is 11.0. The topological polar surface area (TPSA) is 49.5 Å². The zero-order valence-corrected chi connectivity index (χ0v) is 7.78. The molecular formula is C8H9ClNO3+. The van der Waals surface area contributed by atoms with E-state index in [0.29, 0.717) is 21.2 Å². The minimum Gasteiger partial charge on any atom is -0.392 e. The van der Waals surface area contributed by atoms with Crippen LogP contribution in [0.4, 0.5) is 5.69 Å². The molecule has 0 bridgehead atoms. The fourth-order valence-electron chi connectivity index (χ4n) is 0.901. The van der Waals surface area contributed by atoms with E-state index in [9.17, 15) is 4.91 Å². The van der Waals surface area contributed by atoms with Crippen molar-refractivity contribution in [3.8, 4) is 0 Å². The predicted molar refractivity (Wildman–Crippen MR) is 47.7 cm³/mol. The van der Waals surface area contributed by atoms with Gasteiger partial charge in [0.05, 0.1) is 11.5 Å². The molecule has 5 heteroatoms. The van der Waals surface area contributed by atoms with Gasteiger partial charge in [0.2, 0.25) is 0 Å². The first-order valence-corrected chi connectivity index (χ1v) is 3.97. The first-order chi connectivity index (χ1) is 6.19. The summed E-state index contributed by atoms with van der Waals surface area (Å²) in [7, 11) is 1.26. The normalized spacial score (nSPS) is 9.77. The van der Waals surface area contributed by atoms with Gasteiger partial charge in [-0.2, -0.15) is 0 Å². The Morgan fingerprint density at radius 1 is 1.62 bits per heavy atom. The van der Waals surface area contributed by atoms with Gasteiger partial charge >= 0.3 is 5.69 Å². The van der Waals surface area contributed by atoms with Gasteiger partial charge in [0, 0.05) is 22.7 Å². The summed E-state index contributed by atoms with van der Waals surface area (Å²) in [4.78, 5) is 15.7.